The van der Waals surface area contributed by atoms with Crippen molar-refractivity contribution in [3.63, 3.8) is 0 Å². The third-order valence-corrected chi connectivity index (χ3v) is 9.28. The smallest absolute Gasteiger partial charge is 0.251 e. The molecule has 0 saturated carbocycles. The number of hydrogen-bond donors (Lipinski definition) is 6. The number of rotatable bonds is 0. The monoisotopic (exact) mass is 623 g/mol. The average molecular weight is 624 g/mol. The van der Waals surface area contributed by atoms with Crippen LogP contribution in [0.3, 0.4) is 0 Å². The van der Waals surface area contributed by atoms with Crippen LogP contribution in [0.15, 0.2) is 53.3 Å². The third-order valence-electron chi connectivity index (χ3n) is 9.28. The minimum atomic E-state index is -1.18. The lowest BCUT2D eigenvalue weighted by Gasteiger charge is -2.36. The van der Waals surface area contributed by atoms with Crippen LogP contribution in [0.2, 0.25) is 0 Å². The van der Waals surface area contributed by atoms with E-state index in [-0.39, 0.29) is 39.1 Å². The van der Waals surface area contributed by atoms with Gasteiger partial charge in [0.15, 0.2) is 11.6 Å². The number of aromatic hydroxyl groups is 1. The first kappa shape index (κ1) is 35.8. The number of phenols is 1. The Morgan fingerprint density at radius 3 is 1.80 bits per heavy atom. The van der Waals surface area contributed by atoms with E-state index in [1.165, 1.54) is 39.0 Å². The Hall–Kier alpha value is -3.70. The Balaban J connectivity index is 2.16. The number of benzene rings is 1. The highest BCUT2D eigenvalue weighted by atomic mass is 16.3. The Kier molecular flexibility index (Phi) is 11.3. The first-order valence-electron chi connectivity index (χ1n) is 15.2. The van der Waals surface area contributed by atoms with Gasteiger partial charge in [0.2, 0.25) is 5.78 Å². The highest BCUT2D eigenvalue weighted by Gasteiger charge is 2.38. The number of ketones is 3. The molecule has 0 radical (unpaired) electrons. The molecule has 3 aliphatic rings. The number of carbonyl (C=O) groups excluding carboxylic acids is 4. The molecule has 1 aliphatic carbocycles. The van der Waals surface area contributed by atoms with Crippen LogP contribution in [0.4, 0.5) is 0 Å². The molecular formula is C35H45NO9. The number of aryl methyl sites for hydroxylation is 1. The Labute approximate surface area is 263 Å². The van der Waals surface area contributed by atoms with Crippen molar-refractivity contribution < 1.29 is 44.7 Å². The number of nitrogens with one attached hydrogen (secondary N) is 1. The molecule has 2 heterocycles. The molecule has 0 spiro atoms. The van der Waals surface area contributed by atoms with E-state index < -0.39 is 83.0 Å². The molecule has 4 rings (SSSR count). The lowest BCUT2D eigenvalue weighted by molar-refractivity contribution is -0.116. The lowest BCUT2D eigenvalue weighted by Crippen LogP contribution is -2.45. The molecule has 9 atom stereocenters. The van der Waals surface area contributed by atoms with E-state index in [0.717, 1.165) is 6.08 Å². The van der Waals surface area contributed by atoms with Crippen molar-refractivity contribution in [1.29, 1.82) is 0 Å². The quantitative estimate of drug-likeness (QED) is 0.253. The summed E-state index contributed by atoms with van der Waals surface area (Å²) in [7, 11) is 0. The van der Waals surface area contributed by atoms with Crippen molar-refractivity contribution in [3.05, 3.63) is 75.5 Å². The fourth-order valence-electron chi connectivity index (χ4n) is 6.04. The molecule has 0 saturated heterocycles. The lowest BCUT2D eigenvalue weighted by atomic mass is 9.77. The second kappa shape index (κ2) is 14.2. The molecule has 4 bridgehead atoms. The van der Waals surface area contributed by atoms with Gasteiger partial charge in [-0.1, -0.05) is 58.9 Å². The molecular weight excluding hydrogens is 578 g/mol. The zero-order chi connectivity index (χ0) is 34.1. The number of hydrogen-bond acceptors (Lipinski definition) is 9. The van der Waals surface area contributed by atoms with E-state index in [4.69, 9.17) is 0 Å². The number of amides is 1. The Morgan fingerprint density at radius 1 is 0.689 bits per heavy atom. The van der Waals surface area contributed by atoms with Crippen LogP contribution < -0.4 is 5.32 Å². The van der Waals surface area contributed by atoms with Crippen LogP contribution in [0.25, 0.3) is 0 Å². The molecule has 0 unspecified atom stereocenters. The summed E-state index contributed by atoms with van der Waals surface area (Å²) in [4.78, 5) is 53.4. The summed E-state index contributed by atoms with van der Waals surface area (Å²) in [6.45, 7) is 12.7. The van der Waals surface area contributed by atoms with Gasteiger partial charge in [-0.05, 0) is 38.0 Å². The maximum Gasteiger partial charge on any atom is 0.251 e. The molecule has 1 amide bonds. The number of fused-ring (bicyclic) bond motifs is 15. The van der Waals surface area contributed by atoms with Gasteiger partial charge in [-0.2, -0.15) is 0 Å². The molecule has 2 aliphatic heterocycles. The van der Waals surface area contributed by atoms with Gasteiger partial charge in [-0.25, -0.2) is 0 Å². The molecule has 10 nitrogen and oxygen atoms in total. The minimum absolute atomic E-state index is 0.0835. The zero-order valence-corrected chi connectivity index (χ0v) is 27.0. The summed E-state index contributed by atoms with van der Waals surface area (Å²) < 4.78 is 0. The van der Waals surface area contributed by atoms with Crippen molar-refractivity contribution in [2.24, 2.45) is 29.6 Å². The molecule has 1 aromatic carbocycles. The summed E-state index contributed by atoms with van der Waals surface area (Å²) in [5, 5.41) is 57.6. The van der Waals surface area contributed by atoms with Crippen LogP contribution in [0, 0.1) is 36.5 Å². The molecule has 0 aromatic heterocycles. The average Bonchev–Trinajstić information content (AvgIpc) is 3.00. The van der Waals surface area contributed by atoms with Gasteiger partial charge in [-0.3, -0.25) is 19.2 Å². The molecule has 0 fully saturated rings. The van der Waals surface area contributed by atoms with Gasteiger partial charge in [0.1, 0.15) is 5.75 Å². The van der Waals surface area contributed by atoms with E-state index in [0.29, 0.717) is 0 Å². The Bertz CT molecular complexity index is 1500. The summed E-state index contributed by atoms with van der Waals surface area (Å²) in [5.41, 5.74) is -0.607. The van der Waals surface area contributed by atoms with Crippen LogP contribution >= 0.6 is 0 Å². The van der Waals surface area contributed by atoms with E-state index >= 15 is 0 Å². The van der Waals surface area contributed by atoms with Gasteiger partial charge < -0.3 is 30.8 Å². The maximum absolute atomic E-state index is 13.7. The fourth-order valence-corrected chi connectivity index (χ4v) is 6.04. The summed E-state index contributed by atoms with van der Waals surface area (Å²) in [5.74, 6) is -6.59. The number of allylic oxidation sites excluding steroid dienone is 5. The van der Waals surface area contributed by atoms with Crippen molar-refractivity contribution in [1.82, 2.24) is 5.32 Å². The second-order valence-corrected chi connectivity index (χ2v) is 12.7. The van der Waals surface area contributed by atoms with Crippen LogP contribution in [-0.4, -0.2) is 73.2 Å². The first-order chi connectivity index (χ1) is 20.9. The number of aliphatic hydroxyl groups is 4. The van der Waals surface area contributed by atoms with Gasteiger partial charge in [0, 0.05) is 52.4 Å². The van der Waals surface area contributed by atoms with Gasteiger partial charge in [0.05, 0.1) is 35.7 Å². The molecule has 244 valence electrons. The summed E-state index contributed by atoms with van der Waals surface area (Å²) in [6.07, 6.45) is 2.61. The van der Waals surface area contributed by atoms with Gasteiger partial charge >= 0.3 is 0 Å². The van der Waals surface area contributed by atoms with E-state index in [9.17, 15) is 44.7 Å². The van der Waals surface area contributed by atoms with Crippen molar-refractivity contribution in [2.75, 3.05) is 0 Å². The predicted molar refractivity (Wildman–Crippen MR) is 169 cm³/mol. The fraction of sp³-hybridized carbons (Fsp3) is 0.486. The normalized spacial score (nSPS) is 35.6. The van der Waals surface area contributed by atoms with Crippen molar-refractivity contribution in [3.8, 4) is 5.75 Å². The summed E-state index contributed by atoms with van der Waals surface area (Å²) in [6, 6.07) is 1.30. The highest BCUT2D eigenvalue weighted by Crippen LogP contribution is 2.35. The Morgan fingerprint density at radius 2 is 1.22 bits per heavy atom. The summed E-state index contributed by atoms with van der Waals surface area (Å²) >= 11 is 0. The second-order valence-electron chi connectivity index (χ2n) is 12.7. The minimum Gasteiger partial charge on any atom is -0.507 e. The zero-order valence-electron chi connectivity index (χ0n) is 27.0. The predicted octanol–water partition coefficient (Wildman–Crippen LogP) is 3.35. The molecule has 1 aromatic rings. The molecule has 6 N–H and O–H groups in total. The number of phenolic OH excluding ortho intramolecular Hbond substituents is 1. The standard InChI is InChI=1S/C35H45NO9/c1-15-10-9-11-16(2)35(45)36-24-14-25(37)26-23(34(24)44)13-19(5)31(41)27(26)30(40)18(4)12-17(3)29(39)21(7)33(43)22(8)32(42)20(6)28(15)38/h9-15,17,20-22,28-29,32-33,38-39,41-43H,1-8H3,(H,36,45)/b10-9+,16-11-,18-12-/t15-,17-,20-,21+,22+,28+,29+,32+,33-/m0/s1. The van der Waals surface area contributed by atoms with E-state index in [1.807, 2.05) is 0 Å². The third kappa shape index (κ3) is 7.25. The van der Waals surface area contributed by atoms with Gasteiger partial charge in [0.25, 0.3) is 5.91 Å². The topological polar surface area (TPSA) is 181 Å². The van der Waals surface area contributed by atoms with Gasteiger partial charge in [-0.15, -0.1) is 0 Å². The SMILES string of the molecule is C/C1=C/C=C/[C@H](C)[C@@H](O)[C@H](C)[C@@H](O)[C@@H](C)[C@@H](O)[C@H](C)[C@H](O)[C@@H](C)/C=C(/C)C(=O)c2c(O)c(C)cc3c2C(=O)C=C(NC1=O)C3=O. The van der Waals surface area contributed by atoms with Crippen LogP contribution in [-0.2, 0) is 4.79 Å². The largest absolute Gasteiger partial charge is 0.507 e. The van der Waals surface area contributed by atoms with Crippen LogP contribution in [0.5, 0.6) is 5.75 Å². The van der Waals surface area contributed by atoms with Crippen LogP contribution in [0.1, 0.15) is 85.1 Å². The van der Waals surface area contributed by atoms with E-state index in [1.54, 1.807) is 46.8 Å². The molecule has 10 heteroatoms. The maximum atomic E-state index is 13.7. The molecule has 45 heavy (non-hydrogen) atoms. The van der Waals surface area contributed by atoms with E-state index in [2.05, 4.69) is 5.32 Å². The first-order valence-corrected chi connectivity index (χ1v) is 15.2. The van der Waals surface area contributed by atoms with Crippen molar-refractivity contribution in [2.45, 2.75) is 79.8 Å². The number of carbonyl (C=O) groups is 4. The number of Topliss-reactive ketones (excluding diaryl/α,β-unsaturated/α-hetero) is 2. The van der Waals surface area contributed by atoms with Crippen molar-refractivity contribution >= 4 is 23.3 Å². The highest BCUT2D eigenvalue weighted by molar-refractivity contribution is 6.30. The number of aliphatic hydroxyl groups excluding tert-OH is 4.